The number of hydrogen-bond donors (Lipinski definition) is 1. The third-order valence-corrected chi connectivity index (χ3v) is 3.09. The number of rotatable bonds is 7. The van der Waals surface area contributed by atoms with Crippen molar-refractivity contribution in [3.8, 4) is 11.6 Å². The zero-order valence-electron chi connectivity index (χ0n) is 12.8. The Morgan fingerprint density at radius 2 is 1.90 bits per heavy atom. The van der Waals surface area contributed by atoms with Gasteiger partial charge in [-0.05, 0) is 23.8 Å². The summed E-state index contributed by atoms with van der Waals surface area (Å²) in [6.45, 7) is 5.49. The van der Waals surface area contributed by atoms with Crippen LogP contribution in [0.5, 0.6) is 11.6 Å². The number of benzene rings is 1. The predicted molar refractivity (Wildman–Crippen MR) is 83.5 cm³/mol. The molecule has 0 aliphatic heterocycles. The molecule has 2 rings (SSSR count). The van der Waals surface area contributed by atoms with Gasteiger partial charge in [0.25, 0.3) is 0 Å². The average molecular weight is 286 g/mol. The minimum absolute atomic E-state index is 0.430. The third kappa shape index (κ3) is 4.76. The van der Waals surface area contributed by atoms with Gasteiger partial charge in [-0.2, -0.15) is 0 Å². The molecule has 2 aromatic rings. The zero-order valence-corrected chi connectivity index (χ0v) is 12.8. The van der Waals surface area contributed by atoms with Gasteiger partial charge in [0.2, 0.25) is 5.88 Å². The van der Waals surface area contributed by atoms with Crippen LogP contribution in [0.4, 0.5) is 0 Å². The monoisotopic (exact) mass is 286 g/mol. The molecule has 0 bridgehead atoms. The van der Waals surface area contributed by atoms with Crippen molar-refractivity contribution in [2.45, 2.75) is 33.0 Å². The van der Waals surface area contributed by atoms with Gasteiger partial charge in [0.1, 0.15) is 12.4 Å². The van der Waals surface area contributed by atoms with Gasteiger partial charge in [0, 0.05) is 24.3 Å². The molecule has 4 nitrogen and oxygen atoms in total. The van der Waals surface area contributed by atoms with Gasteiger partial charge < -0.3 is 14.8 Å². The highest BCUT2D eigenvalue weighted by atomic mass is 16.5. The van der Waals surface area contributed by atoms with Crippen LogP contribution in [0.3, 0.4) is 0 Å². The lowest BCUT2D eigenvalue weighted by atomic mass is 10.2. The number of methoxy groups -OCH3 is 1. The summed E-state index contributed by atoms with van der Waals surface area (Å²) in [5.41, 5.74) is 2.16. The van der Waals surface area contributed by atoms with Gasteiger partial charge in [-0.15, -0.1) is 0 Å². The Morgan fingerprint density at radius 1 is 1.14 bits per heavy atom. The maximum absolute atomic E-state index is 5.84. The molecule has 1 aromatic carbocycles. The molecule has 1 heterocycles. The van der Waals surface area contributed by atoms with Gasteiger partial charge in [0.15, 0.2) is 0 Å². The maximum Gasteiger partial charge on any atom is 0.218 e. The van der Waals surface area contributed by atoms with Crippen molar-refractivity contribution in [2.24, 2.45) is 0 Å². The second-order valence-corrected chi connectivity index (χ2v) is 5.14. The second-order valence-electron chi connectivity index (χ2n) is 5.14. The van der Waals surface area contributed by atoms with E-state index in [4.69, 9.17) is 9.47 Å². The van der Waals surface area contributed by atoms with Crippen molar-refractivity contribution in [1.82, 2.24) is 10.3 Å². The Labute approximate surface area is 126 Å². The SMILES string of the molecule is COc1ccc(COc2ncccc2CNC(C)C)cc1. The molecule has 0 aliphatic rings. The number of hydrogen-bond acceptors (Lipinski definition) is 4. The first-order valence-corrected chi connectivity index (χ1v) is 7.12. The molecule has 4 heteroatoms. The summed E-state index contributed by atoms with van der Waals surface area (Å²) in [5.74, 6) is 1.53. The Morgan fingerprint density at radius 3 is 2.57 bits per heavy atom. The quantitative estimate of drug-likeness (QED) is 0.849. The molecule has 0 unspecified atom stereocenters. The average Bonchev–Trinajstić information content (AvgIpc) is 2.52. The molecule has 0 amide bonds. The van der Waals surface area contributed by atoms with E-state index in [1.165, 1.54) is 0 Å². The summed E-state index contributed by atoms with van der Waals surface area (Å²) in [7, 11) is 1.66. The molecular formula is C17H22N2O2. The van der Waals surface area contributed by atoms with Crippen molar-refractivity contribution >= 4 is 0 Å². The number of nitrogens with one attached hydrogen (secondary N) is 1. The van der Waals surface area contributed by atoms with Gasteiger partial charge in [0.05, 0.1) is 7.11 Å². The van der Waals surface area contributed by atoms with Crippen molar-refractivity contribution in [3.05, 3.63) is 53.7 Å². The molecule has 0 fully saturated rings. The minimum atomic E-state index is 0.430. The Hall–Kier alpha value is -2.07. The minimum Gasteiger partial charge on any atom is -0.497 e. The second kappa shape index (κ2) is 7.64. The van der Waals surface area contributed by atoms with Gasteiger partial charge in [-0.3, -0.25) is 0 Å². The lowest BCUT2D eigenvalue weighted by Gasteiger charge is -2.12. The van der Waals surface area contributed by atoms with E-state index in [1.807, 2.05) is 36.4 Å². The van der Waals surface area contributed by atoms with Crippen LogP contribution in [0.1, 0.15) is 25.0 Å². The van der Waals surface area contributed by atoms with E-state index in [-0.39, 0.29) is 0 Å². The van der Waals surface area contributed by atoms with Crippen LogP contribution in [0.15, 0.2) is 42.6 Å². The molecule has 0 spiro atoms. The Kier molecular flexibility index (Phi) is 5.58. The predicted octanol–water partition coefficient (Wildman–Crippen LogP) is 3.17. The van der Waals surface area contributed by atoms with Crippen LogP contribution >= 0.6 is 0 Å². The summed E-state index contributed by atoms with van der Waals surface area (Å²) >= 11 is 0. The van der Waals surface area contributed by atoms with E-state index in [0.717, 1.165) is 23.4 Å². The van der Waals surface area contributed by atoms with Gasteiger partial charge in [-0.25, -0.2) is 4.98 Å². The molecule has 0 radical (unpaired) electrons. The van der Waals surface area contributed by atoms with E-state index < -0.39 is 0 Å². The first-order chi connectivity index (χ1) is 10.2. The van der Waals surface area contributed by atoms with Crippen molar-refractivity contribution < 1.29 is 9.47 Å². The van der Waals surface area contributed by atoms with E-state index in [0.29, 0.717) is 18.5 Å². The summed E-state index contributed by atoms with van der Waals surface area (Å²) in [6.07, 6.45) is 1.75. The molecule has 0 atom stereocenters. The first kappa shape index (κ1) is 15.3. The highest BCUT2D eigenvalue weighted by Gasteiger charge is 2.06. The first-order valence-electron chi connectivity index (χ1n) is 7.12. The van der Waals surface area contributed by atoms with Crippen molar-refractivity contribution in [3.63, 3.8) is 0 Å². The van der Waals surface area contributed by atoms with E-state index in [9.17, 15) is 0 Å². The van der Waals surface area contributed by atoms with E-state index in [1.54, 1.807) is 13.3 Å². The highest BCUT2D eigenvalue weighted by Crippen LogP contribution is 2.17. The zero-order chi connectivity index (χ0) is 15.1. The van der Waals surface area contributed by atoms with Crippen LogP contribution in [-0.4, -0.2) is 18.1 Å². The summed E-state index contributed by atoms with van der Waals surface area (Å²) in [4.78, 5) is 4.32. The lowest BCUT2D eigenvalue weighted by Crippen LogP contribution is -2.22. The molecule has 21 heavy (non-hydrogen) atoms. The fraction of sp³-hybridized carbons (Fsp3) is 0.353. The van der Waals surface area contributed by atoms with E-state index >= 15 is 0 Å². The fourth-order valence-electron chi connectivity index (χ4n) is 1.88. The van der Waals surface area contributed by atoms with Gasteiger partial charge in [-0.1, -0.05) is 32.0 Å². The number of aromatic nitrogens is 1. The smallest absolute Gasteiger partial charge is 0.218 e. The normalized spacial score (nSPS) is 10.7. The van der Waals surface area contributed by atoms with Crippen LogP contribution in [0.2, 0.25) is 0 Å². The molecule has 1 aromatic heterocycles. The van der Waals surface area contributed by atoms with Crippen molar-refractivity contribution in [1.29, 1.82) is 0 Å². The molecular weight excluding hydrogens is 264 g/mol. The molecule has 0 saturated carbocycles. The number of pyridine rings is 1. The molecule has 0 saturated heterocycles. The Balaban J connectivity index is 1.98. The van der Waals surface area contributed by atoms with Crippen LogP contribution in [0.25, 0.3) is 0 Å². The molecule has 1 N–H and O–H groups in total. The van der Waals surface area contributed by atoms with Crippen LogP contribution in [0, 0.1) is 0 Å². The third-order valence-electron chi connectivity index (χ3n) is 3.09. The summed E-state index contributed by atoms with van der Waals surface area (Å²) < 4.78 is 11.0. The lowest BCUT2D eigenvalue weighted by molar-refractivity contribution is 0.289. The largest absolute Gasteiger partial charge is 0.497 e. The standard InChI is InChI=1S/C17H22N2O2/c1-13(2)19-11-15-5-4-10-18-17(15)21-12-14-6-8-16(20-3)9-7-14/h4-10,13,19H,11-12H2,1-3H3. The van der Waals surface area contributed by atoms with E-state index in [2.05, 4.69) is 24.1 Å². The van der Waals surface area contributed by atoms with Crippen LogP contribution < -0.4 is 14.8 Å². The van der Waals surface area contributed by atoms with Crippen molar-refractivity contribution in [2.75, 3.05) is 7.11 Å². The van der Waals surface area contributed by atoms with Gasteiger partial charge >= 0.3 is 0 Å². The number of ether oxygens (including phenoxy) is 2. The summed E-state index contributed by atoms with van der Waals surface area (Å²) in [6, 6.07) is 12.2. The fourth-order valence-corrected chi connectivity index (χ4v) is 1.88. The Bertz CT molecular complexity index is 553. The highest BCUT2D eigenvalue weighted by molar-refractivity contribution is 5.28. The van der Waals surface area contributed by atoms with Crippen LogP contribution in [-0.2, 0) is 13.2 Å². The molecule has 0 aliphatic carbocycles. The number of nitrogens with zero attached hydrogens (tertiary/aromatic N) is 1. The topological polar surface area (TPSA) is 43.4 Å². The summed E-state index contributed by atoms with van der Waals surface area (Å²) in [5, 5.41) is 3.38. The maximum atomic E-state index is 5.84. The molecule has 112 valence electrons.